The minimum absolute atomic E-state index is 0.00965. The molecule has 5 rings (SSSR count). The largest absolute Gasteiger partial charge is 0.356 e. The van der Waals surface area contributed by atoms with Crippen LogP contribution in [0.4, 0.5) is 0 Å². The van der Waals surface area contributed by atoms with Gasteiger partial charge in [-0.25, -0.2) is 8.42 Å². The van der Waals surface area contributed by atoms with Crippen molar-refractivity contribution in [1.82, 2.24) is 30.5 Å². The molecule has 0 bridgehead atoms. The Morgan fingerprint density at radius 2 is 1.95 bits per heavy atom. The summed E-state index contributed by atoms with van der Waals surface area (Å²) in [5, 5.41) is 17.2. The second-order valence-electron chi connectivity index (χ2n) is 10.4. The number of carbonyl (C=O) groups excluding carboxylic acids is 2. The van der Waals surface area contributed by atoms with Gasteiger partial charge in [-0.15, -0.1) is 0 Å². The van der Waals surface area contributed by atoms with E-state index in [0.717, 1.165) is 42.3 Å². The summed E-state index contributed by atoms with van der Waals surface area (Å²) in [6, 6.07) is 3.66. The first kappa shape index (κ1) is 28.1. The zero-order chi connectivity index (χ0) is 28.4. The molecule has 3 aliphatic rings. The lowest BCUT2D eigenvalue weighted by Crippen LogP contribution is -2.46. The van der Waals surface area contributed by atoms with Crippen LogP contribution in [0.15, 0.2) is 56.3 Å². The van der Waals surface area contributed by atoms with Gasteiger partial charge in [0.25, 0.3) is 11.8 Å². The number of aromatic nitrogens is 3. The fourth-order valence-electron chi connectivity index (χ4n) is 4.85. The van der Waals surface area contributed by atoms with Crippen molar-refractivity contribution in [3.05, 3.63) is 74.6 Å². The predicted octanol–water partition coefficient (Wildman–Crippen LogP) is 2.99. The van der Waals surface area contributed by atoms with Crippen molar-refractivity contribution >= 4 is 38.8 Å². The molecule has 11 nitrogen and oxygen atoms in total. The maximum absolute atomic E-state index is 13.4. The molecule has 0 aromatic carbocycles. The number of carbonyl (C=O) groups is 2. The maximum Gasteiger partial charge on any atom is 0.272 e. The van der Waals surface area contributed by atoms with Gasteiger partial charge in [0, 0.05) is 71.7 Å². The van der Waals surface area contributed by atoms with Gasteiger partial charge >= 0.3 is 0 Å². The lowest BCUT2D eigenvalue weighted by Gasteiger charge is -2.34. The standard InChI is InChI=1S/C27H31ClN6O5S/c1-17(2)33-8-5-21(6-9-33)30-27(36)24-13-23(26(35)29-14-18-7-10-40(37,38)16-18)31-34(24)15-22-12-25(39-32-22)19-3-4-20(28)11-19/h3-4,7,10,12-13,16-17,21H,5-6,8-9,11,14-15H2,1-2H3,(H,29,35)(H,30,36). The van der Waals surface area contributed by atoms with E-state index in [-0.39, 0.29) is 36.4 Å². The molecule has 2 N–H and O–H groups in total. The summed E-state index contributed by atoms with van der Waals surface area (Å²) in [5.74, 6) is -0.294. The fourth-order valence-corrected chi connectivity index (χ4v) is 6.08. The molecule has 40 heavy (non-hydrogen) atoms. The number of hydrogen-bond donors (Lipinski definition) is 2. The third-order valence-electron chi connectivity index (χ3n) is 7.09. The van der Waals surface area contributed by atoms with Gasteiger partial charge in [0.1, 0.15) is 11.4 Å². The normalized spacial score (nSPS) is 19.1. The van der Waals surface area contributed by atoms with E-state index in [1.165, 1.54) is 16.8 Å². The van der Waals surface area contributed by atoms with Gasteiger partial charge in [-0.3, -0.25) is 14.3 Å². The van der Waals surface area contributed by atoms with E-state index in [1.54, 1.807) is 12.1 Å². The summed E-state index contributed by atoms with van der Waals surface area (Å²) in [4.78, 5) is 28.7. The molecule has 2 amide bonds. The molecule has 0 atom stereocenters. The van der Waals surface area contributed by atoms with Crippen molar-refractivity contribution in [3.63, 3.8) is 0 Å². The number of halogens is 1. The van der Waals surface area contributed by atoms with Crippen molar-refractivity contribution in [1.29, 1.82) is 0 Å². The van der Waals surface area contributed by atoms with Gasteiger partial charge in [-0.05, 0) is 44.4 Å². The molecule has 0 unspecified atom stereocenters. The summed E-state index contributed by atoms with van der Waals surface area (Å²) in [6.45, 7) is 6.22. The van der Waals surface area contributed by atoms with Gasteiger partial charge in [-0.1, -0.05) is 22.8 Å². The van der Waals surface area contributed by atoms with Crippen LogP contribution in [0.25, 0.3) is 5.57 Å². The summed E-state index contributed by atoms with van der Waals surface area (Å²) in [5.41, 5.74) is 2.12. The molecule has 1 fully saturated rings. The lowest BCUT2D eigenvalue weighted by atomic mass is 10.0. The first-order valence-corrected chi connectivity index (χ1v) is 15.1. The van der Waals surface area contributed by atoms with Crippen LogP contribution in [0, 0.1) is 0 Å². The van der Waals surface area contributed by atoms with Gasteiger partial charge in [0.2, 0.25) is 0 Å². The van der Waals surface area contributed by atoms with Gasteiger partial charge in [0.15, 0.2) is 21.3 Å². The molecule has 2 aliphatic heterocycles. The monoisotopic (exact) mass is 586 g/mol. The van der Waals surface area contributed by atoms with E-state index in [2.05, 4.69) is 39.6 Å². The zero-order valence-corrected chi connectivity index (χ0v) is 23.8. The number of amides is 2. The van der Waals surface area contributed by atoms with Crippen molar-refractivity contribution < 1.29 is 22.5 Å². The van der Waals surface area contributed by atoms with Crippen molar-refractivity contribution in [3.8, 4) is 0 Å². The molecule has 1 saturated heterocycles. The van der Waals surface area contributed by atoms with Crippen LogP contribution >= 0.6 is 11.6 Å². The zero-order valence-electron chi connectivity index (χ0n) is 22.3. The van der Waals surface area contributed by atoms with E-state index in [1.807, 2.05) is 6.08 Å². The van der Waals surface area contributed by atoms with Crippen LogP contribution in [0.1, 0.15) is 65.5 Å². The SMILES string of the molecule is CC(C)N1CCC(NC(=O)c2cc(C(=O)NCC3=CS(=O)(=O)C=C3)nn2Cc2cc(C3=CC=C(Cl)C3)on2)CC1. The van der Waals surface area contributed by atoms with E-state index in [4.69, 9.17) is 16.1 Å². The quantitative estimate of drug-likeness (QED) is 0.457. The van der Waals surface area contributed by atoms with E-state index in [9.17, 15) is 18.0 Å². The predicted molar refractivity (Wildman–Crippen MR) is 150 cm³/mol. The maximum atomic E-state index is 13.4. The highest BCUT2D eigenvalue weighted by molar-refractivity contribution is 7.97. The molecule has 13 heteroatoms. The Kier molecular flexibility index (Phi) is 8.11. The molecule has 4 heterocycles. The van der Waals surface area contributed by atoms with Crippen molar-refractivity contribution in [2.75, 3.05) is 19.6 Å². The Labute approximate surface area is 237 Å². The molecule has 2 aromatic rings. The van der Waals surface area contributed by atoms with Crippen molar-refractivity contribution in [2.24, 2.45) is 0 Å². The summed E-state index contributed by atoms with van der Waals surface area (Å²) >= 11 is 6.08. The van der Waals surface area contributed by atoms with Gasteiger partial charge < -0.3 is 20.1 Å². The Hall–Kier alpha value is -3.48. The van der Waals surface area contributed by atoms with Crippen LogP contribution in [0.5, 0.6) is 0 Å². The molecule has 0 spiro atoms. The Bertz CT molecular complexity index is 1540. The Balaban J connectivity index is 1.32. The van der Waals surface area contributed by atoms with Crippen LogP contribution in [-0.2, 0) is 16.4 Å². The molecule has 2 aromatic heterocycles. The third kappa shape index (κ3) is 6.62. The number of hydrogen-bond acceptors (Lipinski definition) is 8. The molecule has 0 radical (unpaired) electrons. The minimum Gasteiger partial charge on any atom is -0.356 e. The summed E-state index contributed by atoms with van der Waals surface area (Å²) < 4.78 is 30.1. The van der Waals surface area contributed by atoms with Crippen molar-refractivity contribution in [2.45, 2.75) is 51.7 Å². The highest BCUT2D eigenvalue weighted by atomic mass is 35.5. The van der Waals surface area contributed by atoms with Crippen LogP contribution in [-0.4, -0.2) is 71.8 Å². The number of nitrogens with one attached hydrogen (secondary N) is 2. The van der Waals surface area contributed by atoms with Gasteiger partial charge in [0.05, 0.1) is 6.54 Å². The third-order valence-corrected chi connectivity index (χ3v) is 8.50. The number of rotatable bonds is 9. The topological polar surface area (TPSA) is 139 Å². The number of likely N-dealkylation sites (tertiary alicyclic amines) is 1. The highest BCUT2D eigenvalue weighted by Gasteiger charge is 2.26. The first-order chi connectivity index (χ1) is 19.1. The molecular weight excluding hydrogens is 556 g/mol. The fraction of sp³-hybridized carbons (Fsp3) is 0.407. The van der Waals surface area contributed by atoms with Gasteiger partial charge in [-0.2, -0.15) is 5.10 Å². The molecule has 212 valence electrons. The number of nitrogens with zero attached hydrogens (tertiary/aromatic N) is 4. The molecular formula is C27H31ClN6O5S. The Morgan fingerprint density at radius 1 is 1.18 bits per heavy atom. The second kappa shape index (κ2) is 11.6. The average molecular weight is 587 g/mol. The number of allylic oxidation sites excluding steroid dienone is 4. The molecule has 1 aliphatic carbocycles. The second-order valence-corrected chi connectivity index (χ2v) is 12.6. The van der Waals surface area contributed by atoms with E-state index < -0.39 is 15.7 Å². The Morgan fingerprint density at radius 3 is 2.60 bits per heavy atom. The minimum atomic E-state index is -3.39. The summed E-state index contributed by atoms with van der Waals surface area (Å²) in [7, 11) is -3.39. The summed E-state index contributed by atoms with van der Waals surface area (Å²) in [6.07, 6.45) is 7.32. The van der Waals surface area contributed by atoms with Crippen LogP contribution < -0.4 is 10.6 Å². The highest BCUT2D eigenvalue weighted by Crippen LogP contribution is 2.30. The van der Waals surface area contributed by atoms with Crippen LogP contribution in [0.2, 0.25) is 0 Å². The molecule has 0 saturated carbocycles. The van der Waals surface area contributed by atoms with E-state index in [0.29, 0.717) is 34.5 Å². The smallest absolute Gasteiger partial charge is 0.272 e. The first-order valence-electron chi connectivity index (χ1n) is 13.1. The lowest BCUT2D eigenvalue weighted by molar-refractivity contribution is 0.0889. The van der Waals surface area contributed by atoms with Crippen LogP contribution in [0.3, 0.4) is 0 Å². The average Bonchev–Trinajstić information content (AvgIpc) is 3.70. The number of piperidine rings is 1. The van der Waals surface area contributed by atoms with E-state index >= 15 is 0 Å². The number of sulfone groups is 1.